The van der Waals surface area contributed by atoms with Gasteiger partial charge in [-0.15, -0.1) is 0 Å². The molecule has 2 aromatic rings. The summed E-state index contributed by atoms with van der Waals surface area (Å²) < 4.78 is 53.3. The molecule has 10 heteroatoms. The van der Waals surface area contributed by atoms with Crippen molar-refractivity contribution >= 4 is 31.5 Å². The molecule has 0 aliphatic heterocycles. The normalized spacial score (nSPS) is 13.8. The van der Waals surface area contributed by atoms with Gasteiger partial charge in [0.15, 0.2) is 15.9 Å². The van der Waals surface area contributed by atoms with Gasteiger partial charge in [-0.2, -0.15) is 0 Å². The number of nitrogens with one attached hydrogen (secondary N) is 1. The Morgan fingerprint density at radius 3 is 2.00 bits per heavy atom. The van der Waals surface area contributed by atoms with E-state index in [1.54, 1.807) is 43.3 Å². The van der Waals surface area contributed by atoms with Crippen LogP contribution < -0.4 is 14.4 Å². The molecule has 0 fully saturated rings. The summed E-state index contributed by atoms with van der Waals surface area (Å²) >= 11 is 0. The molecule has 0 saturated carbocycles. The van der Waals surface area contributed by atoms with E-state index in [2.05, 4.69) is 5.32 Å². The Morgan fingerprint density at radius 2 is 1.55 bits per heavy atom. The maximum atomic E-state index is 12.6. The molecule has 31 heavy (non-hydrogen) atoms. The molecule has 8 nitrogen and oxygen atoms in total. The summed E-state index contributed by atoms with van der Waals surface area (Å²) in [6.07, 6.45) is 2.08. The number of rotatable bonds is 9. The van der Waals surface area contributed by atoms with Crippen LogP contribution in [-0.4, -0.2) is 48.4 Å². The van der Waals surface area contributed by atoms with Crippen LogP contribution in [0.25, 0.3) is 0 Å². The second kappa shape index (κ2) is 9.69. The highest BCUT2D eigenvalue weighted by atomic mass is 32.2. The van der Waals surface area contributed by atoms with Crippen molar-refractivity contribution in [2.45, 2.75) is 37.3 Å². The Kier molecular flexibility index (Phi) is 7.72. The van der Waals surface area contributed by atoms with Crippen molar-refractivity contribution < 1.29 is 26.4 Å². The highest BCUT2D eigenvalue weighted by Crippen LogP contribution is 2.22. The molecule has 2 atom stereocenters. The monoisotopic (exact) mass is 468 g/mol. The van der Waals surface area contributed by atoms with E-state index in [-0.39, 0.29) is 16.8 Å². The number of ether oxygens (including phenoxy) is 1. The second-order valence-corrected chi connectivity index (χ2v) is 11.3. The Bertz CT molecular complexity index is 1110. The predicted octanol–water partition coefficient (Wildman–Crippen LogP) is 2.52. The number of sulfonamides is 1. The zero-order valence-electron chi connectivity index (χ0n) is 18.2. The molecule has 170 valence electrons. The third kappa shape index (κ3) is 6.70. The van der Waals surface area contributed by atoms with E-state index in [1.807, 2.05) is 6.92 Å². The molecule has 0 bridgehead atoms. The fourth-order valence-electron chi connectivity index (χ4n) is 2.84. The first kappa shape index (κ1) is 24.7. The van der Waals surface area contributed by atoms with Crippen LogP contribution in [0.4, 0.5) is 5.69 Å². The average molecular weight is 469 g/mol. The van der Waals surface area contributed by atoms with Crippen LogP contribution in [0.2, 0.25) is 0 Å². The minimum Gasteiger partial charge on any atom is -0.481 e. The summed E-state index contributed by atoms with van der Waals surface area (Å²) in [5, 5.41) is 2.91. The van der Waals surface area contributed by atoms with Crippen LogP contribution in [0.1, 0.15) is 31.9 Å². The highest BCUT2D eigenvalue weighted by Gasteiger charge is 2.20. The predicted molar refractivity (Wildman–Crippen MR) is 121 cm³/mol. The summed E-state index contributed by atoms with van der Waals surface area (Å²) in [5.74, 6) is 0.107. The SMILES string of the molecule is CCC(NC(=O)C(C)Oc1ccc(N(C)S(C)(=O)=O)cc1)c1ccc(S(C)(=O)=O)cc1. The van der Waals surface area contributed by atoms with Crippen LogP contribution >= 0.6 is 0 Å². The van der Waals surface area contributed by atoms with Crippen molar-refractivity contribution in [1.29, 1.82) is 0 Å². The van der Waals surface area contributed by atoms with Gasteiger partial charge in [-0.1, -0.05) is 19.1 Å². The van der Waals surface area contributed by atoms with Crippen LogP contribution in [0.15, 0.2) is 53.4 Å². The van der Waals surface area contributed by atoms with Gasteiger partial charge in [0.25, 0.3) is 5.91 Å². The van der Waals surface area contributed by atoms with Gasteiger partial charge >= 0.3 is 0 Å². The van der Waals surface area contributed by atoms with Crippen LogP contribution in [0.3, 0.4) is 0 Å². The Labute approximate surface area is 184 Å². The Hall–Kier alpha value is -2.59. The number of anilines is 1. The van der Waals surface area contributed by atoms with Crippen molar-refractivity contribution in [3.05, 3.63) is 54.1 Å². The molecule has 2 aromatic carbocycles. The first-order chi connectivity index (χ1) is 14.3. The highest BCUT2D eigenvalue weighted by molar-refractivity contribution is 7.92. The van der Waals surface area contributed by atoms with E-state index < -0.39 is 26.0 Å². The molecular weight excluding hydrogens is 440 g/mol. The zero-order valence-corrected chi connectivity index (χ0v) is 19.8. The fraction of sp³-hybridized carbons (Fsp3) is 0.381. The van der Waals surface area contributed by atoms with Gasteiger partial charge in [0.2, 0.25) is 10.0 Å². The molecule has 1 N–H and O–H groups in total. The maximum Gasteiger partial charge on any atom is 0.261 e. The lowest BCUT2D eigenvalue weighted by atomic mass is 10.0. The average Bonchev–Trinajstić information content (AvgIpc) is 2.70. The number of carbonyl (C=O) groups excluding carboxylic acids is 1. The van der Waals surface area contributed by atoms with Gasteiger partial charge in [0.05, 0.1) is 22.9 Å². The molecule has 0 spiro atoms. The number of nitrogens with zero attached hydrogens (tertiary/aromatic N) is 1. The van der Waals surface area contributed by atoms with Crippen LogP contribution in [0.5, 0.6) is 5.75 Å². The van der Waals surface area contributed by atoms with Crippen LogP contribution in [-0.2, 0) is 24.7 Å². The topological polar surface area (TPSA) is 110 Å². The summed E-state index contributed by atoms with van der Waals surface area (Å²) in [4.78, 5) is 12.8. The van der Waals surface area contributed by atoms with Crippen molar-refractivity contribution in [2.75, 3.05) is 23.9 Å². The molecule has 0 radical (unpaired) electrons. The van der Waals surface area contributed by atoms with E-state index in [0.717, 1.165) is 22.4 Å². The van der Waals surface area contributed by atoms with Crippen molar-refractivity contribution in [3.8, 4) is 5.75 Å². The van der Waals surface area contributed by atoms with Crippen LogP contribution in [0, 0.1) is 0 Å². The fourth-order valence-corrected chi connectivity index (χ4v) is 3.98. The molecule has 2 rings (SSSR count). The minimum absolute atomic E-state index is 0.221. The Morgan fingerprint density at radius 1 is 1.00 bits per heavy atom. The quantitative estimate of drug-likeness (QED) is 0.606. The van der Waals surface area contributed by atoms with Gasteiger partial charge in [0.1, 0.15) is 5.75 Å². The van der Waals surface area contributed by atoms with Crippen molar-refractivity contribution in [2.24, 2.45) is 0 Å². The molecule has 0 aliphatic carbocycles. The van der Waals surface area contributed by atoms with Crippen molar-refractivity contribution in [3.63, 3.8) is 0 Å². The summed E-state index contributed by atoms with van der Waals surface area (Å²) in [7, 11) is -5.19. The number of benzene rings is 2. The number of carbonyl (C=O) groups is 1. The van der Waals surface area contributed by atoms with Gasteiger partial charge in [0, 0.05) is 13.3 Å². The molecule has 0 aromatic heterocycles. The van der Waals surface area contributed by atoms with Gasteiger partial charge in [-0.05, 0) is 55.3 Å². The third-order valence-corrected chi connectivity index (χ3v) is 7.15. The summed E-state index contributed by atoms with van der Waals surface area (Å²) in [6.45, 7) is 3.53. The summed E-state index contributed by atoms with van der Waals surface area (Å²) in [5.41, 5.74) is 1.28. The molecule has 0 saturated heterocycles. The standard InChI is InChI=1S/C21H28N2O6S2/c1-6-20(16-7-13-19(14-8-16)30(4,25)26)22-21(24)15(2)29-18-11-9-17(10-12-18)23(3)31(5,27)28/h7-15,20H,6H2,1-5H3,(H,22,24). The number of hydrogen-bond acceptors (Lipinski definition) is 6. The van der Waals surface area contributed by atoms with Gasteiger partial charge in [-0.3, -0.25) is 9.10 Å². The Balaban J connectivity index is 2.04. The lowest BCUT2D eigenvalue weighted by Crippen LogP contribution is -2.38. The van der Waals surface area contributed by atoms with E-state index in [1.165, 1.54) is 19.2 Å². The lowest BCUT2D eigenvalue weighted by molar-refractivity contribution is -0.128. The maximum absolute atomic E-state index is 12.6. The minimum atomic E-state index is -3.36. The molecule has 1 amide bonds. The van der Waals surface area contributed by atoms with E-state index in [4.69, 9.17) is 4.74 Å². The molecule has 0 heterocycles. The van der Waals surface area contributed by atoms with E-state index >= 15 is 0 Å². The molecular formula is C21H28N2O6S2. The zero-order chi connectivity index (χ0) is 23.4. The van der Waals surface area contributed by atoms with E-state index in [0.29, 0.717) is 17.9 Å². The first-order valence-electron chi connectivity index (χ1n) is 9.64. The largest absolute Gasteiger partial charge is 0.481 e. The summed E-state index contributed by atoms with van der Waals surface area (Å²) in [6, 6.07) is 12.5. The second-order valence-electron chi connectivity index (χ2n) is 7.30. The third-order valence-electron chi connectivity index (χ3n) is 4.82. The number of amides is 1. The first-order valence-corrected chi connectivity index (χ1v) is 13.4. The number of hydrogen-bond donors (Lipinski definition) is 1. The van der Waals surface area contributed by atoms with E-state index in [9.17, 15) is 21.6 Å². The van der Waals surface area contributed by atoms with Gasteiger partial charge in [-0.25, -0.2) is 16.8 Å². The van der Waals surface area contributed by atoms with Crippen molar-refractivity contribution in [1.82, 2.24) is 5.32 Å². The smallest absolute Gasteiger partial charge is 0.261 e. The molecule has 0 aliphatic rings. The lowest BCUT2D eigenvalue weighted by Gasteiger charge is -2.22. The number of sulfone groups is 1. The van der Waals surface area contributed by atoms with Gasteiger partial charge < -0.3 is 10.1 Å². The molecule has 2 unspecified atom stereocenters.